The Bertz CT molecular complexity index is 605. The van der Waals surface area contributed by atoms with Gasteiger partial charge in [-0.05, 0) is 37.1 Å². The number of nitriles is 1. The molecule has 18 heavy (non-hydrogen) atoms. The Hall–Kier alpha value is -2.35. The molecule has 1 saturated carbocycles. The van der Waals surface area contributed by atoms with E-state index in [9.17, 15) is 0 Å². The highest BCUT2D eigenvalue weighted by molar-refractivity contribution is 5.41. The van der Waals surface area contributed by atoms with Crippen molar-refractivity contribution in [3.8, 4) is 17.5 Å². The first kappa shape index (κ1) is 10.8. The summed E-state index contributed by atoms with van der Waals surface area (Å²) in [6, 6.07) is 9.69. The summed E-state index contributed by atoms with van der Waals surface area (Å²) in [7, 11) is 1.63. The van der Waals surface area contributed by atoms with Crippen LogP contribution in [0.15, 0.2) is 24.3 Å². The Morgan fingerprint density at radius 2 is 2.06 bits per heavy atom. The van der Waals surface area contributed by atoms with Gasteiger partial charge in [-0.3, -0.25) is 0 Å². The summed E-state index contributed by atoms with van der Waals surface area (Å²) in [5.41, 5.74) is 2.28. The van der Waals surface area contributed by atoms with Crippen LogP contribution >= 0.6 is 0 Å². The summed E-state index contributed by atoms with van der Waals surface area (Å²) in [5, 5.41) is 17.1. The molecule has 90 valence electrons. The van der Waals surface area contributed by atoms with Gasteiger partial charge in [-0.2, -0.15) is 5.26 Å². The van der Waals surface area contributed by atoms with Crippen molar-refractivity contribution >= 4 is 0 Å². The van der Waals surface area contributed by atoms with E-state index in [1.165, 1.54) is 0 Å². The van der Waals surface area contributed by atoms with Crippen LogP contribution in [0.3, 0.4) is 0 Å². The molecule has 0 unspecified atom stereocenters. The van der Waals surface area contributed by atoms with E-state index in [1.807, 2.05) is 24.3 Å². The van der Waals surface area contributed by atoms with Crippen molar-refractivity contribution in [2.45, 2.75) is 18.8 Å². The second-order valence-electron chi connectivity index (χ2n) is 4.32. The minimum Gasteiger partial charge on any atom is -0.497 e. The van der Waals surface area contributed by atoms with Crippen LogP contribution < -0.4 is 4.74 Å². The standard InChI is InChI=1S/C13H12N4O/c1-18-11-6-4-10(5-7-11)17-13(9-2-3-9)12(8-14)15-16-17/h4-7,9H,2-3H2,1H3. The molecule has 0 aliphatic heterocycles. The van der Waals surface area contributed by atoms with E-state index in [4.69, 9.17) is 10.00 Å². The number of methoxy groups -OCH3 is 1. The Morgan fingerprint density at radius 3 is 2.61 bits per heavy atom. The van der Waals surface area contributed by atoms with Crippen molar-refractivity contribution in [1.29, 1.82) is 5.26 Å². The summed E-state index contributed by atoms with van der Waals surface area (Å²) in [4.78, 5) is 0. The van der Waals surface area contributed by atoms with Gasteiger partial charge in [-0.15, -0.1) is 5.10 Å². The SMILES string of the molecule is COc1ccc(-n2nnc(C#N)c2C2CC2)cc1. The highest BCUT2D eigenvalue weighted by Gasteiger charge is 2.31. The van der Waals surface area contributed by atoms with Gasteiger partial charge in [0.15, 0.2) is 5.69 Å². The molecule has 0 saturated heterocycles. The molecule has 0 atom stereocenters. The molecule has 0 radical (unpaired) electrons. The zero-order valence-corrected chi connectivity index (χ0v) is 10.00. The quantitative estimate of drug-likeness (QED) is 0.823. The second kappa shape index (κ2) is 4.15. The van der Waals surface area contributed by atoms with E-state index in [1.54, 1.807) is 11.8 Å². The van der Waals surface area contributed by atoms with Crippen LogP contribution in [-0.2, 0) is 0 Å². The first-order valence-electron chi connectivity index (χ1n) is 5.83. The number of ether oxygens (including phenoxy) is 1. The lowest BCUT2D eigenvalue weighted by Crippen LogP contribution is -2.02. The molecule has 1 heterocycles. The Labute approximate surface area is 105 Å². The van der Waals surface area contributed by atoms with Gasteiger partial charge in [-0.25, -0.2) is 4.68 Å². The molecule has 1 fully saturated rings. The molecule has 1 aromatic carbocycles. The van der Waals surface area contributed by atoms with Crippen LogP contribution in [0, 0.1) is 11.3 Å². The fourth-order valence-corrected chi connectivity index (χ4v) is 2.01. The second-order valence-corrected chi connectivity index (χ2v) is 4.32. The topological polar surface area (TPSA) is 63.7 Å². The van der Waals surface area contributed by atoms with Crippen molar-refractivity contribution < 1.29 is 4.74 Å². The highest BCUT2D eigenvalue weighted by atomic mass is 16.5. The molecule has 5 heteroatoms. The predicted octanol–water partition coefficient (Wildman–Crippen LogP) is 2.02. The maximum Gasteiger partial charge on any atom is 0.186 e. The van der Waals surface area contributed by atoms with Gasteiger partial charge in [0.05, 0.1) is 18.5 Å². The number of nitrogens with zero attached hydrogens (tertiary/aromatic N) is 4. The van der Waals surface area contributed by atoms with Crippen molar-refractivity contribution in [2.24, 2.45) is 0 Å². The molecule has 0 amide bonds. The zero-order chi connectivity index (χ0) is 12.5. The van der Waals surface area contributed by atoms with E-state index in [0.717, 1.165) is 30.0 Å². The molecular weight excluding hydrogens is 228 g/mol. The lowest BCUT2D eigenvalue weighted by Gasteiger charge is -2.06. The molecular formula is C13H12N4O. The average Bonchev–Trinajstić information content (AvgIpc) is 3.18. The molecule has 0 N–H and O–H groups in total. The normalized spacial score (nSPS) is 14.2. The largest absolute Gasteiger partial charge is 0.497 e. The van der Waals surface area contributed by atoms with E-state index >= 15 is 0 Å². The third-order valence-corrected chi connectivity index (χ3v) is 3.09. The van der Waals surface area contributed by atoms with Gasteiger partial charge >= 0.3 is 0 Å². The molecule has 3 rings (SSSR count). The molecule has 0 spiro atoms. The first-order chi connectivity index (χ1) is 8.83. The highest BCUT2D eigenvalue weighted by Crippen LogP contribution is 2.41. The maximum absolute atomic E-state index is 9.05. The van der Waals surface area contributed by atoms with Gasteiger partial charge in [0, 0.05) is 5.92 Å². The molecule has 0 bridgehead atoms. The molecule has 5 nitrogen and oxygen atoms in total. The van der Waals surface area contributed by atoms with Gasteiger partial charge in [0.1, 0.15) is 11.8 Å². The fourth-order valence-electron chi connectivity index (χ4n) is 2.01. The minimum atomic E-state index is 0.428. The third-order valence-electron chi connectivity index (χ3n) is 3.09. The maximum atomic E-state index is 9.05. The van der Waals surface area contributed by atoms with Gasteiger partial charge in [-0.1, -0.05) is 5.21 Å². The Morgan fingerprint density at radius 1 is 1.33 bits per heavy atom. The van der Waals surface area contributed by atoms with Crippen LogP contribution in [0.4, 0.5) is 0 Å². The van der Waals surface area contributed by atoms with Crippen LogP contribution in [0.2, 0.25) is 0 Å². The summed E-state index contributed by atoms with van der Waals surface area (Å²) in [6.45, 7) is 0. The van der Waals surface area contributed by atoms with Crippen LogP contribution in [0.5, 0.6) is 5.75 Å². The minimum absolute atomic E-state index is 0.428. The number of aromatic nitrogens is 3. The summed E-state index contributed by atoms with van der Waals surface area (Å²) in [6.07, 6.45) is 2.22. The Kier molecular flexibility index (Phi) is 2.49. The monoisotopic (exact) mass is 240 g/mol. The first-order valence-corrected chi connectivity index (χ1v) is 5.83. The lowest BCUT2D eigenvalue weighted by molar-refractivity contribution is 0.414. The van der Waals surface area contributed by atoms with Gasteiger partial charge in [0.25, 0.3) is 0 Å². The summed E-state index contributed by atoms with van der Waals surface area (Å²) >= 11 is 0. The van der Waals surface area contributed by atoms with Crippen LogP contribution in [0.1, 0.15) is 30.1 Å². The van der Waals surface area contributed by atoms with Crippen LogP contribution in [-0.4, -0.2) is 22.1 Å². The van der Waals surface area contributed by atoms with Crippen molar-refractivity contribution in [3.05, 3.63) is 35.7 Å². The zero-order valence-electron chi connectivity index (χ0n) is 10.00. The number of rotatable bonds is 3. The summed E-state index contributed by atoms with van der Waals surface area (Å²) in [5.74, 6) is 1.23. The molecule has 1 aliphatic carbocycles. The smallest absolute Gasteiger partial charge is 0.186 e. The predicted molar refractivity (Wildman–Crippen MR) is 64.6 cm³/mol. The van der Waals surface area contributed by atoms with Crippen molar-refractivity contribution in [1.82, 2.24) is 15.0 Å². The lowest BCUT2D eigenvalue weighted by atomic mass is 10.2. The van der Waals surface area contributed by atoms with Crippen LogP contribution in [0.25, 0.3) is 5.69 Å². The van der Waals surface area contributed by atoms with Gasteiger partial charge in [0.2, 0.25) is 0 Å². The van der Waals surface area contributed by atoms with E-state index < -0.39 is 0 Å². The number of benzene rings is 1. The third kappa shape index (κ3) is 1.72. The molecule has 1 aromatic heterocycles. The van der Waals surface area contributed by atoms with Crippen molar-refractivity contribution in [3.63, 3.8) is 0 Å². The fraction of sp³-hybridized carbons (Fsp3) is 0.308. The van der Waals surface area contributed by atoms with Crippen molar-refractivity contribution in [2.75, 3.05) is 7.11 Å². The number of hydrogen-bond acceptors (Lipinski definition) is 4. The average molecular weight is 240 g/mol. The van der Waals surface area contributed by atoms with E-state index in [0.29, 0.717) is 11.6 Å². The van der Waals surface area contributed by atoms with E-state index in [-0.39, 0.29) is 0 Å². The molecule has 2 aromatic rings. The molecule has 1 aliphatic rings. The van der Waals surface area contributed by atoms with E-state index in [2.05, 4.69) is 16.4 Å². The van der Waals surface area contributed by atoms with Gasteiger partial charge < -0.3 is 4.74 Å². The number of hydrogen-bond donors (Lipinski definition) is 0. The summed E-state index contributed by atoms with van der Waals surface area (Å²) < 4.78 is 6.88. The Balaban J connectivity index is 2.05.